The van der Waals surface area contributed by atoms with E-state index in [-0.39, 0.29) is 23.8 Å². The third-order valence-electron chi connectivity index (χ3n) is 4.44. The van der Waals surface area contributed by atoms with Crippen LogP contribution in [0.1, 0.15) is 50.6 Å². The van der Waals surface area contributed by atoms with Gasteiger partial charge in [-0.25, -0.2) is 0 Å². The fourth-order valence-corrected chi connectivity index (χ4v) is 3.18. The number of hydrogen-bond donors (Lipinski definition) is 0. The Kier molecular flexibility index (Phi) is 4.39. The van der Waals surface area contributed by atoms with Gasteiger partial charge in [-0.3, -0.25) is 19.7 Å². The van der Waals surface area contributed by atoms with Crippen molar-refractivity contribution in [2.24, 2.45) is 0 Å². The number of benzene rings is 1. The summed E-state index contributed by atoms with van der Waals surface area (Å²) in [5, 5.41) is 11.1. The van der Waals surface area contributed by atoms with Crippen molar-refractivity contribution in [3.8, 4) is 0 Å². The van der Waals surface area contributed by atoms with Crippen molar-refractivity contribution in [2.75, 3.05) is 7.05 Å². The van der Waals surface area contributed by atoms with E-state index in [4.69, 9.17) is 4.42 Å². The average Bonchev–Trinajstić information content (AvgIpc) is 2.92. The molecule has 2 aromatic rings. The maximum absolute atomic E-state index is 12.7. The van der Waals surface area contributed by atoms with E-state index in [0.29, 0.717) is 35.3 Å². The summed E-state index contributed by atoms with van der Waals surface area (Å²) in [4.78, 5) is 36.8. The summed E-state index contributed by atoms with van der Waals surface area (Å²) in [6, 6.07) is 6.30. The number of carbonyl (C=O) groups is 2. The number of para-hydroxylation sites is 1. The highest BCUT2D eigenvalue weighted by atomic mass is 16.6. The molecule has 0 N–H and O–H groups in total. The van der Waals surface area contributed by atoms with Gasteiger partial charge in [0.1, 0.15) is 5.76 Å². The molecule has 0 saturated carbocycles. The molecule has 1 aromatic heterocycles. The largest absolute Gasteiger partial charge is 0.455 e. The van der Waals surface area contributed by atoms with Crippen LogP contribution in [-0.2, 0) is 13.0 Å². The Balaban J connectivity index is 1.87. The van der Waals surface area contributed by atoms with Crippen LogP contribution in [0.2, 0.25) is 0 Å². The van der Waals surface area contributed by atoms with Crippen LogP contribution in [0.4, 0.5) is 5.69 Å². The smallest absolute Gasteiger partial charge is 0.289 e. The van der Waals surface area contributed by atoms with E-state index in [1.807, 2.05) is 0 Å². The van der Waals surface area contributed by atoms with Crippen LogP contribution in [0.25, 0.3) is 0 Å². The van der Waals surface area contributed by atoms with E-state index < -0.39 is 10.8 Å². The molecule has 3 rings (SSSR count). The molecule has 1 aromatic carbocycles. The minimum Gasteiger partial charge on any atom is -0.455 e. The van der Waals surface area contributed by atoms with Gasteiger partial charge in [-0.1, -0.05) is 18.2 Å². The highest BCUT2D eigenvalue weighted by Gasteiger charge is 2.30. The second-order valence-electron chi connectivity index (χ2n) is 6.18. The number of ketones is 1. The first kappa shape index (κ1) is 16.9. The number of carbonyl (C=O) groups excluding carboxylic acids is 2. The van der Waals surface area contributed by atoms with Crippen LogP contribution in [0.5, 0.6) is 0 Å². The molecule has 0 saturated heterocycles. The molecular weight excluding hydrogens is 324 g/mol. The number of hydrogen-bond acceptors (Lipinski definition) is 5. The van der Waals surface area contributed by atoms with Gasteiger partial charge in [0.15, 0.2) is 11.5 Å². The monoisotopic (exact) mass is 342 g/mol. The molecule has 1 aliphatic carbocycles. The van der Waals surface area contributed by atoms with Gasteiger partial charge in [0.25, 0.3) is 11.6 Å². The Hall–Kier alpha value is -2.96. The van der Waals surface area contributed by atoms with Crippen molar-refractivity contribution in [3.05, 3.63) is 62.6 Å². The number of nitrogens with zero attached hydrogens (tertiary/aromatic N) is 2. The van der Waals surface area contributed by atoms with Crippen molar-refractivity contribution in [3.63, 3.8) is 0 Å². The zero-order chi connectivity index (χ0) is 18.1. The van der Waals surface area contributed by atoms with Crippen LogP contribution in [0.3, 0.4) is 0 Å². The summed E-state index contributed by atoms with van der Waals surface area (Å²) >= 11 is 0. The molecule has 0 fully saturated rings. The summed E-state index contributed by atoms with van der Waals surface area (Å²) in [6.07, 6.45) is 1.83. The Morgan fingerprint density at radius 2 is 2.04 bits per heavy atom. The van der Waals surface area contributed by atoms with Crippen molar-refractivity contribution in [1.29, 1.82) is 0 Å². The number of amides is 1. The molecule has 0 bridgehead atoms. The number of fused-ring (bicyclic) bond motifs is 1. The normalized spacial score (nSPS) is 13.4. The number of Topliss-reactive ketones (excluding diaryl/α,β-unsaturated/α-hetero) is 1. The van der Waals surface area contributed by atoms with Gasteiger partial charge in [-0.05, 0) is 13.3 Å². The average molecular weight is 342 g/mol. The third kappa shape index (κ3) is 3.05. The van der Waals surface area contributed by atoms with Crippen molar-refractivity contribution in [1.82, 2.24) is 4.90 Å². The Labute approximate surface area is 144 Å². The van der Waals surface area contributed by atoms with Crippen molar-refractivity contribution < 1.29 is 18.9 Å². The van der Waals surface area contributed by atoms with E-state index in [2.05, 4.69) is 0 Å². The molecule has 7 heteroatoms. The van der Waals surface area contributed by atoms with Gasteiger partial charge in [-0.15, -0.1) is 0 Å². The van der Waals surface area contributed by atoms with Gasteiger partial charge >= 0.3 is 0 Å². The topological polar surface area (TPSA) is 93.7 Å². The van der Waals surface area contributed by atoms with Crippen molar-refractivity contribution >= 4 is 17.4 Å². The quantitative estimate of drug-likeness (QED) is 0.628. The summed E-state index contributed by atoms with van der Waals surface area (Å²) in [5.74, 6) is 0.318. The van der Waals surface area contributed by atoms with Gasteiger partial charge < -0.3 is 9.32 Å². The zero-order valence-electron chi connectivity index (χ0n) is 14.1. The lowest BCUT2D eigenvalue weighted by molar-refractivity contribution is -0.385. The lowest BCUT2D eigenvalue weighted by Crippen LogP contribution is -2.26. The zero-order valence-corrected chi connectivity index (χ0v) is 14.1. The highest BCUT2D eigenvalue weighted by Crippen LogP contribution is 2.30. The number of furan rings is 1. The van der Waals surface area contributed by atoms with Gasteiger partial charge in [0, 0.05) is 37.1 Å². The van der Waals surface area contributed by atoms with E-state index >= 15 is 0 Å². The molecule has 0 atom stereocenters. The lowest BCUT2D eigenvalue weighted by atomic mass is 9.94. The van der Waals surface area contributed by atoms with Crippen LogP contribution < -0.4 is 0 Å². The molecule has 0 radical (unpaired) electrons. The first-order valence-electron chi connectivity index (χ1n) is 8.03. The Morgan fingerprint density at radius 1 is 1.32 bits per heavy atom. The third-order valence-corrected chi connectivity index (χ3v) is 4.44. The van der Waals surface area contributed by atoms with Gasteiger partial charge in [0.2, 0.25) is 0 Å². The predicted octanol–water partition coefficient (Wildman–Crippen LogP) is 3.29. The number of nitro benzene ring substituents is 1. The maximum atomic E-state index is 12.7. The summed E-state index contributed by atoms with van der Waals surface area (Å²) in [6.45, 7) is 1.78. The summed E-state index contributed by atoms with van der Waals surface area (Å²) in [7, 11) is 1.56. The van der Waals surface area contributed by atoms with Gasteiger partial charge in [-0.2, -0.15) is 0 Å². The fraction of sp³-hybridized carbons (Fsp3) is 0.333. The fourth-order valence-electron chi connectivity index (χ4n) is 3.18. The van der Waals surface area contributed by atoms with Gasteiger partial charge in [0.05, 0.1) is 17.0 Å². The predicted molar refractivity (Wildman–Crippen MR) is 89.6 cm³/mol. The standard InChI is InChI=1S/C18H18N2O5/c1-11-16-14(21)8-5-9-15(16)25-17(11)18(22)19(2)10-12-6-3-4-7-13(12)20(23)24/h3-4,6-7H,5,8-10H2,1-2H3. The first-order valence-corrected chi connectivity index (χ1v) is 8.03. The van der Waals surface area contributed by atoms with Crippen LogP contribution in [0, 0.1) is 17.0 Å². The summed E-state index contributed by atoms with van der Waals surface area (Å²) in [5.41, 5.74) is 1.48. The molecule has 0 aliphatic heterocycles. The molecule has 0 unspecified atom stereocenters. The molecule has 7 nitrogen and oxygen atoms in total. The second kappa shape index (κ2) is 6.51. The first-order chi connectivity index (χ1) is 11.9. The Morgan fingerprint density at radius 3 is 2.72 bits per heavy atom. The summed E-state index contributed by atoms with van der Waals surface area (Å²) < 4.78 is 5.66. The van der Waals surface area contributed by atoms with E-state index in [0.717, 1.165) is 6.42 Å². The maximum Gasteiger partial charge on any atom is 0.289 e. The molecule has 0 spiro atoms. The minimum atomic E-state index is -0.469. The van der Waals surface area contributed by atoms with Crippen LogP contribution in [0.15, 0.2) is 28.7 Å². The molecule has 1 aliphatic rings. The van der Waals surface area contributed by atoms with Crippen molar-refractivity contribution in [2.45, 2.75) is 32.7 Å². The van der Waals surface area contributed by atoms with E-state index in [1.54, 1.807) is 32.2 Å². The van der Waals surface area contributed by atoms with E-state index in [1.165, 1.54) is 11.0 Å². The lowest BCUT2D eigenvalue weighted by Gasteiger charge is -2.16. The second-order valence-corrected chi connectivity index (χ2v) is 6.18. The van der Waals surface area contributed by atoms with E-state index in [9.17, 15) is 19.7 Å². The number of rotatable bonds is 4. The number of nitro groups is 1. The highest BCUT2D eigenvalue weighted by molar-refractivity contribution is 6.03. The minimum absolute atomic E-state index is 0.00269. The molecular formula is C18H18N2O5. The number of aryl methyl sites for hydroxylation is 1. The molecule has 1 heterocycles. The Bertz CT molecular complexity index is 868. The molecule has 25 heavy (non-hydrogen) atoms. The molecule has 130 valence electrons. The SMILES string of the molecule is Cc1c(C(=O)N(C)Cc2ccccc2[N+](=O)[O-])oc2c1C(=O)CCC2. The molecule has 1 amide bonds. The van der Waals surface area contributed by atoms with Crippen LogP contribution in [-0.4, -0.2) is 28.6 Å². The van der Waals surface area contributed by atoms with Crippen LogP contribution >= 0.6 is 0 Å².